The summed E-state index contributed by atoms with van der Waals surface area (Å²) in [7, 11) is 0. The van der Waals surface area contributed by atoms with E-state index in [1.54, 1.807) is 16.7 Å². The van der Waals surface area contributed by atoms with E-state index in [0.717, 1.165) is 13.0 Å². The van der Waals surface area contributed by atoms with Gasteiger partial charge in [0.25, 0.3) is 5.56 Å². The summed E-state index contributed by atoms with van der Waals surface area (Å²) in [5.74, 6) is 1.16. The molecule has 0 radical (unpaired) electrons. The second kappa shape index (κ2) is 6.69. The van der Waals surface area contributed by atoms with Crippen molar-refractivity contribution in [3.05, 3.63) is 76.7 Å². The lowest BCUT2D eigenvalue weighted by molar-refractivity contribution is 0.189. The number of anilines is 1. The zero-order chi connectivity index (χ0) is 17.2. The fraction of sp³-hybridized carbons (Fsp3) is 0.300. The first kappa shape index (κ1) is 15.8. The van der Waals surface area contributed by atoms with Crippen LogP contribution in [-0.4, -0.2) is 34.2 Å². The molecule has 0 amide bonds. The molecule has 1 aliphatic heterocycles. The molecular weight excluding hydrogens is 314 g/mol. The molecule has 1 N–H and O–H groups in total. The van der Waals surface area contributed by atoms with Gasteiger partial charge in [-0.15, -0.1) is 0 Å². The van der Waals surface area contributed by atoms with E-state index >= 15 is 0 Å². The van der Waals surface area contributed by atoms with Crippen LogP contribution < -0.4 is 10.5 Å². The van der Waals surface area contributed by atoms with Gasteiger partial charge >= 0.3 is 0 Å². The van der Waals surface area contributed by atoms with E-state index in [9.17, 15) is 9.90 Å². The van der Waals surface area contributed by atoms with E-state index in [1.165, 1.54) is 5.56 Å². The number of aliphatic hydroxyl groups is 1. The van der Waals surface area contributed by atoms with Gasteiger partial charge in [-0.1, -0.05) is 36.4 Å². The lowest BCUT2D eigenvalue weighted by Crippen LogP contribution is -2.42. The van der Waals surface area contributed by atoms with E-state index in [2.05, 4.69) is 22.0 Å². The third kappa shape index (κ3) is 3.03. The van der Waals surface area contributed by atoms with Gasteiger partial charge < -0.3 is 10.0 Å². The smallest absolute Gasteiger partial charge is 0.259 e. The van der Waals surface area contributed by atoms with E-state index < -0.39 is 0 Å². The molecule has 0 saturated carbocycles. The molecule has 3 aromatic rings. The minimum atomic E-state index is -0.0775. The predicted molar refractivity (Wildman–Crippen MR) is 98.1 cm³/mol. The molecule has 1 saturated heterocycles. The van der Waals surface area contributed by atoms with Crippen LogP contribution in [0.4, 0.5) is 5.82 Å². The van der Waals surface area contributed by atoms with Crippen molar-refractivity contribution in [1.82, 2.24) is 9.38 Å². The van der Waals surface area contributed by atoms with Crippen LogP contribution >= 0.6 is 0 Å². The number of fused-ring (bicyclic) bond motifs is 1. The summed E-state index contributed by atoms with van der Waals surface area (Å²) in [6.07, 6.45) is 2.66. The molecule has 0 bridgehead atoms. The van der Waals surface area contributed by atoms with Gasteiger partial charge in [-0.25, -0.2) is 4.98 Å². The zero-order valence-corrected chi connectivity index (χ0v) is 14.0. The Morgan fingerprint density at radius 3 is 2.72 bits per heavy atom. The Hall–Kier alpha value is -2.66. The quantitative estimate of drug-likeness (QED) is 0.798. The average molecular weight is 335 g/mol. The van der Waals surface area contributed by atoms with Crippen LogP contribution in [0.5, 0.6) is 0 Å². The lowest BCUT2D eigenvalue weighted by Gasteiger charge is -2.38. The largest absolute Gasteiger partial charge is 0.396 e. The third-order valence-corrected chi connectivity index (χ3v) is 5.08. The Kier molecular flexibility index (Phi) is 4.24. The van der Waals surface area contributed by atoms with Crippen molar-refractivity contribution in [3.63, 3.8) is 0 Å². The summed E-state index contributed by atoms with van der Waals surface area (Å²) in [6.45, 7) is 1.65. The fourth-order valence-corrected chi connectivity index (χ4v) is 3.77. The SMILES string of the molecule is O=c1cc(N2CC[C@@H](c3ccccc3)[C@@H](CO)C2)nc2ccccn12. The summed E-state index contributed by atoms with van der Waals surface area (Å²) in [5, 5.41) is 9.90. The summed E-state index contributed by atoms with van der Waals surface area (Å²) >= 11 is 0. The van der Waals surface area contributed by atoms with Crippen LogP contribution in [0.25, 0.3) is 5.65 Å². The second-order valence-corrected chi connectivity index (χ2v) is 6.58. The maximum absolute atomic E-state index is 12.3. The number of hydrogen-bond donors (Lipinski definition) is 1. The van der Waals surface area contributed by atoms with Crippen molar-refractivity contribution in [2.75, 3.05) is 24.6 Å². The number of benzene rings is 1. The van der Waals surface area contributed by atoms with Crippen LogP contribution in [0.1, 0.15) is 17.9 Å². The zero-order valence-electron chi connectivity index (χ0n) is 14.0. The van der Waals surface area contributed by atoms with Crippen molar-refractivity contribution in [1.29, 1.82) is 0 Å². The molecule has 4 rings (SSSR count). The lowest BCUT2D eigenvalue weighted by atomic mass is 9.81. The summed E-state index contributed by atoms with van der Waals surface area (Å²) < 4.78 is 1.55. The molecule has 1 aliphatic rings. The number of nitrogens with zero attached hydrogens (tertiary/aromatic N) is 3. The van der Waals surface area contributed by atoms with Crippen LogP contribution in [-0.2, 0) is 0 Å². The predicted octanol–water partition coefficient (Wildman–Crippen LogP) is 2.30. The van der Waals surface area contributed by atoms with E-state index in [0.29, 0.717) is 23.9 Å². The van der Waals surface area contributed by atoms with Crippen molar-refractivity contribution < 1.29 is 5.11 Å². The Morgan fingerprint density at radius 1 is 1.12 bits per heavy atom. The van der Waals surface area contributed by atoms with E-state index in [4.69, 9.17) is 0 Å². The van der Waals surface area contributed by atoms with Crippen molar-refractivity contribution in [3.8, 4) is 0 Å². The number of rotatable bonds is 3. The van der Waals surface area contributed by atoms with Crippen LogP contribution in [0.15, 0.2) is 65.6 Å². The topological polar surface area (TPSA) is 57.8 Å². The van der Waals surface area contributed by atoms with Gasteiger partial charge in [0, 0.05) is 37.9 Å². The van der Waals surface area contributed by atoms with Gasteiger partial charge in [-0.3, -0.25) is 9.20 Å². The number of hydrogen-bond acceptors (Lipinski definition) is 4. The highest BCUT2D eigenvalue weighted by molar-refractivity contribution is 5.48. The molecule has 0 unspecified atom stereocenters. The van der Waals surface area contributed by atoms with Gasteiger partial charge in [0.05, 0.1) is 0 Å². The van der Waals surface area contributed by atoms with Gasteiger partial charge in [0.2, 0.25) is 0 Å². The molecule has 2 atom stereocenters. The Morgan fingerprint density at radius 2 is 1.92 bits per heavy atom. The average Bonchev–Trinajstić information content (AvgIpc) is 2.68. The number of piperidine rings is 1. The van der Waals surface area contributed by atoms with Crippen LogP contribution in [0, 0.1) is 5.92 Å². The number of pyridine rings is 1. The molecule has 5 heteroatoms. The standard InChI is InChI=1S/C20H21N3O2/c24-14-16-13-22(11-9-17(16)15-6-2-1-3-7-15)19-12-20(25)23-10-5-4-8-18(23)21-19/h1-8,10,12,16-17,24H,9,11,13-14H2/t16-,17+/m1/s1. The van der Waals surface area contributed by atoms with Gasteiger partial charge in [0.15, 0.2) is 0 Å². The third-order valence-electron chi connectivity index (χ3n) is 5.08. The number of aliphatic hydroxyl groups excluding tert-OH is 1. The normalized spacial score (nSPS) is 20.8. The maximum Gasteiger partial charge on any atom is 0.259 e. The molecule has 25 heavy (non-hydrogen) atoms. The minimum absolute atomic E-state index is 0.0775. The summed E-state index contributed by atoms with van der Waals surface area (Å²) in [6, 6.07) is 17.5. The Labute approximate surface area is 146 Å². The van der Waals surface area contributed by atoms with Gasteiger partial charge in [-0.05, 0) is 30.0 Å². The molecule has 0 spiro atoms. The Bertz CT molecular complexity index is 923. The van der Waals surface area contributed by atoms with E-state index in [-0.39, 0.29) is 18.1 Å². The fourth-order valence-electron chi connectivity index (χ4n) is 3.77. The number of aromatic nitrogens is 2. The molecule has 1 fully saturated rings. The first-order chi connectivity index (χ1) is 12.3. The summed E-state index contributed by atoms with van der Waals surface area (Å²) in [4.78, 5) is 19.1. The second-order valence-electron chi connectivity index (χ2n) is 6.58. The Balaban J connectivity index is 1.62. The molecule has 128 valence electrons. The maximum atomic E-state index is 12.3. The van der Waals surface area contributed by atoms with Crippen molar-refractivity contribution in [2.45, 2.75) is 12.3 Å². The minimum Gasteiger partial charge on any atom is -0.396 e. The van der Waals surface area contributed by atoms with Gasteiger partial charge in [0.1, 0.15) is 11.5 Å². The molecule has 3 heterocycles. The molecule has 2 aromatic heterocycles. The van der Waals surface area contributed by atoms with Crippen LogP contribution in [0.2, 0.25) is 0 Å². The van der Waals surface area contributed by atoms with Crippen LogP contribution in [0.3, 0.4) is 0 Å². The first-order valence-corrected chi connectivity index (χ1v) is 8.65. The highest BCUT2D eigenvalue weighted by atomic mass is 16.3. The highest BCUT2D eigenvalue weighted by Gasteiger charge is 2.30. The molecule has 1 aromatic carbocycles. The monoisotopic (exact) mass is 335 g/mol. The van der Waals surface area contributed by atoms with Crippen molar-refractivity contribution in [2.24, 2.45) is 5.92 Å². The first-order valence-electron chi connectivity index (χ1n) is 8.65. The molecule has 5 nitrogen and oxygen atoms in total. The van der Waals surface area contributed by atoms with Crippen molar-refractivity contribution >= 4 is 11.5 Å². The van der Waals surface area contributed by atoms with E-state index in [1.807, 2.05) is 36.4 Å². The molecule has 0 aliphatic carbocycles. The van der Waals surface area contributed by atoms with Gasteiger partial charge in [-0.2, -0.15) is 0 Å². The summed E-state index contributed by atoms with van der Waals surface area (Å²) in [5.41, 5.74) is 1.84. The highest BCUT2D eigenvalue weighted by Crippen LogP contribution is 2.34. The molecular formula is C20H21N3O2.